The van der Waals surface area contributed by atoms with E-state index in [1.807, 2.05) is 20.8 Å². The highest BCUT2D eigenvalue weighted by molar-refractivity contribution is 7.17. The highest BCUT2D eigenvalue weighted by Gasteiger charge is 2.40. The van der Waals surface area contributed by atoms with Gasteiger partial charge in [0.1, 0.15) is 0 Å². The molecule has 1 N–H and O–H groups in total. The van der Waals surface area contributed by atoms with Crippen molar-refractivity contribution in [3.63, 3.8) is 0 Å². The van der Waals surface area contributed by atoms with Gasteiger partial charge in [-0.25, -0.2) is 14.7 Å². The van der Waals surface area contributed by atoms with Crippen molar-refractivity contribution in [1.82, 2.24) is 9.88 Å². The number of aliphatic hydroxyl groups excluding tert-OH is 1. The molecule has 114 valence electrons. The predicted octanol–water partition coefficient (Wildman–Crippen LogP) is 1.88. The number of hydrogen-bond acceptors (Lipinski definition) is 5. The summed E-state index contributed by atoms with van der Waals surface area (Å²) in [7, 11) is 0. The summed E-state index contributed by atoms with van der Waals surface area (Å²) >= 11 is 1.22. The van der Waals surface area contributed by atoms with Crippen LogP contribution in [0.25, 0.3) is 0 Å². The van der Waals surface area contributed by atoms with Crippen molar-refractivity contribution in [2.24, 2.45) is 5.41 Å². The molecule has 0 radical (unpaired) electrons. The van der Waals surface area contributed by atoms with Crippen LogP contribution in [0.1, 0.15) is 42.6 Å². The van der Waals surface area contributed by atoms with E-state index in [1.165, 1.54) is 16.2 Å². The Labute approximate surface area is 127 Å². The maximum Gasteiger partial charge on any atom is 0.328 e. The number of Topliss-reactive ketones (excluding diaryl/α,β-unsaturated/α-hetero) is 1. The lowest BCUT2D eigenvalue weighted by molar-refractivity contribution is 0.0916. The summed E-state index contributed by atoms with van der Waals surface area (Å²) in [5, 5.41) is 10.5. The van der Waals surface area contributed by atoms with Crippen molar-refractivity contribution < 1.29 is 14.7 Å². The van der Waals surface area contributed by atoms with E-state index in [0.29, 0.717) is 23.0 Å². The summed E-state index contributed by atoms with van der Waals surface area (Å²) in [6.07, 6.45) is 0.326. The van der Waals surface area contributed by atoms with Gasteiger partial charge in [0.2, 0.25) is 0 Å². The van der Waals surface area contributed by atoms with Crippen molar-refractivity contribution in [3.05, 3.63) is 10.6 Å². The van der Waals surface area contributed by atoms with Crippen LogP contribution < -0.4 is 4.90 Å². The molecule has 2 aliphatic rings. The maximum absolute atomic E-state index is 12.2. The zero-order valence-electron chi connectivity index (χ0n) is 12.4. The van der Waals surface area contributed by atoms with E-state index in [4.69, 9.17) is 0 Å². The van der Waals surface area contributed by atoms with Crippen molar-refractivity contribution in [3.8, 4) is 0 Å². The van der Waals surface area contributed by atoms with Crippen LogP contribution >= 0.6 is 11.3 Å². The number of hydrogen-bond donors (Lipinski definition) is 1. The summed E-state index contributed by atoms with van der Waals surface area (Å²) < 4.78 is 0. The van der Waals surface area contributed by atoms with Crippen LogP contribution in [0, 0.1) is 5.41 Å². The number of anilines is 1. The summed E-state index contributed by atoms with van der Waals surface area (Å²) in [5.41, 5.74) is 0.657. The Morgan fingerprint density at radius 2 is 2.10 bits per heavy atom. The van der Waals surface area contributed by atoms with E-state index in [1.54, 1.807) is 4.90 Å². The van der Waals surface area contributed by atoms with Crippen LogP contribution in [0.15, 0.2) is 0 Å². The van der Waals surface area contributed by atoms with E-state index >= 15 is 0 Å². The van der Waals surface area contributed by atoms with Gasteiger partial charge in [0, 0.05) is 13.0 Å². The molecule has 1 unspecified atom stereocenters. The lowest BCUT2D eigenvalue weighted by Crippen LogP contribution is -2.34. The van der Waals surface area contributed by atoms with Crippen LogP contribution in [0.3, 0.4) is 0 Å². The van der Waals surface area contributed by atoms with E-state index < -0.39 is 6.23 Å². The van der Waals surface area contributed by atoms with E-state index in [-0.39, 0.29) is 23.8 Å². The first-order valence-electron chi connectivity index (χ1n) is 7.11. The van der Waals surface area contributed by atoms with Gasteiger partial charge in [-0.3, -0.25) is 4.79 Å². The first-order chi connectivity index (χ1) is 9.82. The number of aromatic nitrogens is 1. The van der Waals surface area contributed by atoms with Crippen molar-refractivity contribution in [2.75, 3.05) is 18.0 Å². The summed E-state index contributed by atoms with van der Waals surface area (Å²) in [5.74, 6) is 0.0819. The number of β-amino-alcohol motifs (C(OH)–C–C–N with tert-alkyl or cyclic N) is 1. The number of thiazole rings is 1. The number of carbonyl (C=O) groups excluding carboxylic acids is 2. The quantitative estimate of drug-likeness (QED) is 0.905. The molecule has 1 aromatic heterocycles. The maximum atomic E-state index is 12.2. The van der Waals surface area contributed by atoms with Gasteiger partial charge in [0.15, 0.2) is 17.1 Å². The molecule has 0 bridgehead atoms. The van der Waals surface area contributed by atoms with E-state index in [9.17, 15) is 14.7 Å². The average molecular weight is 309 g/mol. The lowest BCUT2D eigenvalue weighted by atomic mass is 9.78. The van der Waals surface area contributed by atoms with Gasteiger partial charge in [0.05, 0.1) is 17.1 Å². The van der Waals surface area contributed by atoms with Crippen LogP contribution in [0.5, 0.6) is 0 Å². The number of aliphatic hydroxyl groups is 1. The van der Waals surface area contributed by atoms with Crippen LogP contribution in [0.2, 0.25) is 0 Å². The van der Waals surface area contributed by atoms with Crippen molar-refractivity contribution in [2.45, 2.75) is 39.8 Å². The molecule has 1 aliphatic heterocycles. The molecule has 1 aliphatic carbocycles. The molecule has 0 aromatic carbocycles. The summed E-state index contributed by atoms with van der Waals surface area (Å²) in [6.45, 7) is 6.78. The molecule has 3 rings (SSSR count). The van der Waals surface area contributed by atoms with Crippen molar-refractivity contribution in [1.29, 1.82) is 0 Å². The van der Waals surface area contributed by atoms with Crippen molar-refractivity contribution >= 4 is 28.3 Å². The minimum atomic E-state index is -0.895. The monoisotopic (exact) mass is 309 g/mol. The Hall–Kier alpha value is -1.47. The van der Waals surface area contributed by atoms with Gasteiger partial charge in [-0.1, -0.05) is 25.2 Å². The first kappa shape index (κ1) is 14.5. The molecule has 2 heterocycles. The number of urea groups is 1. The third-order valence-corrected chi connectivity index (χ3v) is 5.11. The minimum absolute atomic E-state index is 0.0819. The third kappa shape index (κ3) is 2.34. The number of rotatable bonds is 2. The fourth-order valence-corrected chi connectivity index (χ4v) is 3.98. The lowest BCUT2D eigenvalue weighted by Gasteiger charge is -2.26. The van der Waals surface area contributed by atoms with Crippen LogP contribution in [0.4, 0.5) is 9.93 Å². The Bertz CT molecular complexity index is 611. The highest BCUT2D eigenvalue weighted by Crippen LogP contribution is 2.40. The van der Waals surface area contributed by atoms with Gasteiger partial charge in [-0.15, -0.1) is 0 Å². The molecule has 1 fully saturated rings. The van der Waals surface area contributed by atoms with Gasteiger partial charge in [-0.2, -0.15) is 0 Å². The smallest absolute Gasteiger partial charge is 0.328 e. The van der Waals surface area contributed by atoms with Gasteiger partial charge in [-0.05, 0) is 18.8 Å². The Morgan fingerprint density at radius 1 is 1.38 bits per heavy atom. The van der Waals surface area contributed by atoms with E-state index in [0.717, 1.165) is 12.1 Å². The molecule has 21 heavy (non-hydrogen) atoms. The molecular weight excluding hydrogens is 290 g/mol. The first-order valence-corrected chi connectivity index (χ1v) is 7.93. The second-order valence-electron chi connectivity index (χ2n) is 6.39. The number of likely N-dealkylation sites (N-methyl/N-ethyl adjacent to an activating group) is 1. The summed E-state index contributed by atoms with van der Waals surface area (Å²) in [6, 6.07) is -0.247. The summed E-state index contributed by atoms with van der Waals surface area (Å²) in [4.78, 5) is 32.4. The Balaban J connectivity index is 1.96. The number of carbonyl (C=O) groups is 2. The second kappa shape index (κ2) is 4.78. The zero-order valence-corrected chi connectivity index (χ0v) is 13.2. The number of fused-ring (bicyclic) bond motifs is 1. The molecule has 1 aromatic rings. The molecular formula is C14H19N3O3S. The molecule has 7 heteroatoms. The normalized spacial score (nSPS) is 24.7. The van der Waals surface area contributed by atoms with Gasteiger partial charge in [0.25, 0.3) is 0 Å². The molecule has 0 saturated carbocycles. The SMILES string of the molecule is CCN1CC(O)N(c2nc3c(s2)C(=O)CC(C)(C)C3)C1=O. The molecule has 1 atom stereocenters. The zero-order chi connectivity index (χ0) is 15.4. The largest absolute Gasteiger partial charge is 0.371 e. The average Bonchev–Trinajstić information content (AvgIpc) is 2.89. The highest BCUT2D eigenvalue weighted by atomic mass is 32.1. The Kier molecular flexibility index (Phi) is 3.29. The predicted molar refractivity (Wildman–Crippen MR) is 79.7 cm³/mol. The number of ketones is 1. The Morgan fingerprint density at radius 3 is 2.71 bits per heavy atom. The standard InChI is InChI=1S/C14H19N3O3S/c1-4-16-7-10(19)17(13(16)20)12-15-8-5-14(2,3)6-9(18)11(8)21-12/h10,19H,4-7H2,1-3H3. The number of amides is 2. The minimum Gasteiger partial charge on any atom is -0.371 e. The fourth-order valence-electron chi connectivity index (χ4n) is 2.92. The second-order valence-corrected chi connectivity index (χ2v) is 7.36. The third-order valence-electron chi connectivity index (χ3n) is 3.97. The number of nitrogens with zero attached hydrogens (tertiary/aromatic N) is 3. The molecule has 0 spiro atoms. The molecule has 1 saturated heterocycles. The topological polar surface area (TPSA) is 73.7 Å². The van der Waals surface area contributed by atoms with E-state index in [2.05, 4.69) is 4.98 Å². The van der Waals surface area contributed by atoms with Crippen LogP contribution in [-0.4, -0.2) is 46.1 Å². The fraction of sp³-hybridized carbons (Fsp3) is 0.643. The van der Waals surface area contributed by atoms with Crippen LogP contribution in [-0.2, 0) is 6.42 Å². The van der Waals surface area contributed by atoms with Gasteiger partial charge < -0.3 is 10.0 Å². The molecule has 6 nitrogen and oxygen atoms in total. The van der Waals surface area contributed by atoms with Gasteiger partial charge >= 0.3 is 6.03 Å². The molecule has 2 amide bonds.